The summed E-state index contributed by atoms with van der Waals surface area (Å²) in [5.74, 6) is 1.26. The SMILES string of the molecule is C[C@H](Sc1ccccc1Cl)C(=O)Nc1ccc2c(c1)OCCO2. The molecule has 1 aliphatic heterocycles. The number of anilines is 1. The molecule has 6 heteroatoms. The first-order valence-corrected chi connectivity index (χ1v) is 8.51. The van der Waals surface area contributed by atoms with Gasteiger partial charge < -0.3 is 14.8 Å². The molecule has 23 heavy (non-hydrogen) atoms. The molecule has 120 valence electrons. The van der Waals surface area contributed by atoms with E-state index in [0.717, 1.165) is 4.90 Å². The van der Waals surface area contributed by atoms with Crippen molar-refractivity contribution >= 4 is 35.0 Å². The lowest BCUT2D eigenvalue weighted by molar-refractivity contribution is -0.115. The molecule has 1 amide bonds. The van der Waals surface area contributed by atoms with Crippen molar-refractivity contribution in [3.8, 4) is 11.5 Å². The van der Waals surface area contributed by atoms with Crippen LogP contribution in [0.1, 0.15) is 6.92 Å². The van der Waals surface area contributed by atoms with Gasteiger partial charge in [0.1, 0.15) is 13.2 Å². The summed E-state index contributed by atoms with van der Waals surface area (Å²) in [4.78, 5) is 13.2. The van der Waals surface area contributed by atoms with Crippen LogP contribution in [0.3, 0.4) is 0 Å². The molecule has 0 fully saturated rings. The van der Waals surface area contributed by atoms with Gasteiger partial charge in [-0.3, -0.25) is 4.79 Å². The molecule has 0 unspecified atom stereocenters. The topological polar surface area (TPSA) is 47.6 Å². The average molecular weight is 350 g/mol. The molecule has 0 saturated carbocycles. The number of hydrogen-bond donors (Lipinski definition) is 1. The molecule has 0 spiro atoms. The fourth-order valence-electron chi connectivity index (χ4n) is 2.15. The number of fused-ring (bicyclic) bond motifs is 1. The van der Waals surface area contributed by atoms with E-state index in [1.54, 1.807) is 18.2 Å². The predicted octanol–water partition coefficient (Wildman–Crippen LogP) is 4.23. The van der Waals surface area contributed by atoms with E-state index in [-0.39, 0.29) is 11.2 Å². The van der Waals surface area contributed by atoms with Crippen molar-refractivity contribution in [1.29, 1.82) is 0 Å². The van der Waals surface area contributed by atoms with Crippen molar-refractivity contribution in [1.82, 2.24) is 0 Å². The number of nitrogens with one attached hydrogen (secondary N) is 1. The van der Waals surface area contributed by atoms with Gasteiger partial charge in [-0.2, -0.15) is 0 Å². The van der Waals surface area contributed by atoms with Crippen LogP contribution in [-0.2, 0) is 4.79 Å². The van der Waals surface area contributed by atoms with E-state index in [4.69, 9.17) is 21.1 Å². The summed E-state index contributed by atoms with van der Waals surface area (Å²) in [6.07, 6.45) is 0. The Morgan fingerprint density at radius 3 is 2.70 bits per heavy atom. The Hall–Kier alpha value is -1.85. The van der Waals surface area contributed by atoms with E-state index in [1.807, 2.05) is 31.2 Å². The van der Waals surface area contributed by atoms with Crippen LogP contribution >= 0.6 is 23.4 Å². The fraction of sp³-hybridized carbons (Fsp3) is 0.235. The molecule has 3 rings (SSSR count). The quantitative estimate of drug-likeness (QED) is 0.839. The van der Waals surface area contributed by atoms with Crippen molar-refractivity contribution in [3.05, 3.63) is 47.5 Å². The van der Waals surface area contributed by atoms with Gasteiger partial charge in [-0.25, -0.2) is 0 Å². The third-order valence-electron chi connectivity index (χ3n) is 3.32. The van der Waals surface area contributed by atoms with Gasteiger partial charge in [0.05, 0.1) is 10.3 Å². The Kier molecular flexibility index (Phi) is 4.98. The second-order valence-corrected chi connectivity index (χ2v) is 6.83. The number of carbonyl (C=O) groups is 1. The highest BCUT2D eigenvalue weighted by molar-refractivity contribution is 8.00. The van der Waals surface area contributed by atoms with Gasteiger partial charge in [-0.15, -0.1) is 11.8 Å². The summed E-state index contributed by atoms with van der Waals surface area (Å²) < 4.78 is 11.0. The monoisotopic (exact) mass is 349 g/mol. The summed E-state index contributed by atoms with van der Waals surface area (Å²) in [6.45, 7) is 2.91. The number of thioether (sulfide) groups is 1. The molecule has 1 aliphatic rings. The zero-order valence-corrected chi connectivity index (χ0v) is 14.1. The lowest BCUT2D eigenvalue weighted by atomic mass is 10.2. The molecule has 0 radical (unpaired) electrons. The van der Waals surface area contributed by atoms with E-state index in [9.17, 15) is 4.79 Å². The zero-order valence-electron chi connectivity index (χ0n) is 12.5. The zero-order chi connectivity index (χ0) is 16.2. The number of amides is 1. The molecular formula is C17H16ClNO3S. The second-order valence-electron chi connectivity index (χ2n) is 5.04. The number of rotatable bonds is 4. The maximum Gasteiger partial charge on any atom is 0.237 e. The highest BCUT2D eigenvalue weighted by Crippen LogP contribution is 2.34. The average Bonchev–Trinajstić information content (AvgIpc) is 2.56. The van der Waals surface area contributed by atoms with Gasteiger partial charge in [0.2, 0.25) is 5.91 Å². The Morgan fingerprint density at radius 1 is 1.17 bits per heavy atom. The van der Waals surface area contributed by atoms with Crippen LogP contribution in [0.5, 0.6) is 11.5 Å². The lowest BCUT2D eigenvalue weighted by Crippen LogP contribution is -2.22. The first kappa shape index (κ1) is 16.0. The van der Waals surface area contributed by atoms with Crippen LogP contribution in [0, 0.1) is 0 Å². The van der Waals surface area contributed by atoms with Gasteiger partial charge in [0.15, 0.2) is 11.5 Å². The van der Waals surface area contributed by atoms with E-state index >= 15 is 0 Å². The molecule has 1 N–H and O–H groups in total. The van der Waals surface area contributed by atoms with Crippen LogP contribution < -0.4 is 14.8 Å². The first-order valence-electron chi connectivity index (χ1n) is 7.25. The molecule has 0 bridgehead atoms. The number of benzene rings is 2. The molecule has 1 atom stereocenters. The minimum Gasteiger partial charge on any atom is -0.486 e. The Balaban J connectivity index is 1.65. The largest absolute Gasteiger partial charge is 0.486 e. The van der Waals surface area contributed by atoms with Gasteiger partial charge in [-0.1, -0.05) is 23.7 Å². The maximum absolute atomic E-state index is 12.3. The highest BCUT2D eigenvalue weighted by Gasteiger charge is 2.17. The highest BCUT2D eigenvalue weighted by atomic mass is 35.5. The van der Waals surface area contributed by atoms with Crippen molar-refractivity contribution in [3.63, 3.8) is 0 Å². The summed E-state index contributed by atoms with van der Waals surface area (Å²) in [5, 5.41) is 3.27. The molecule has 0 saturated heterocycles. The van der Waals surface area contributed by atoms with Gasteiger partial charge in [0.25, 0.3) is 0 Å². The molecule has 1 heterocycles. The second kappa shape index (κ2) is 7.15. The van der Waals surface area contributed by atoms with Crippen LogP contribution in [0.15, 0.2) is 47.4 Å². The van der Waals surface area contributed by atoms with E-state index in [2.05, 4.69) is 5.32 Å². The smallest absolute Gasteiger partial charge is 0.237 e. The number of hydrogen-bond acceptors (Lipinski definition) is 4. The summed E-state index contributed by atoms with van der Waals surface area (Å²) in [7, 11) is 0. The van der Waals surface area contributed by atoms with Gasteiger partial charge in [0, 0.05) is 16.6 Å². The standard InChI is InChI=1S/C17H16ClNO3S/c1-11(23-16-5-3-2-4-13(16)18)17(20)19-12-6-7-14-15(10-12)22-9-8-21-14/h2-7,10-11H,8-9H2,1H3,(H,19,20)/t11-/m0/s1. The molecule has 2 aromatic carbocycles. The molecule has 0 aromatic heterocycles. The predicted molar refractivity (Wildman–Crippen MR) is 92.8 cm³/mol. The Morgan fingerprint density at radius 2 is 1.91 bits per heavy atom. The lowest BCUT2D eigenvalue weighted by Gasteiger charge is -2.19. The normalized spacial score (nSPS) is 14.2. The van der Waals surface area contributed by atoms with Crippen molar-refractivity contribution < 1.29 is 14.3 Å². The number of halogens is 1. The number of ether oxygens (including phenoxy) is 2. The Labute approximate surface area is 144 Å². The third-order valence-corrected chi connectivity index (χ3v) is 4.94. The van der Waals surface area contributed by atoms with Crippen molar-refractivity contribution in [2.45, 2.75) is 17.1 Å². The van der Waals surface area contributed by atoms with E-state index in [1.165, 1.54) is 11.8 Å². The molecule has 4 nitrogen and oxygen atoms in total. The molecule has 2 aromatic rings. The Bertz CT molecular complexity index is 723. The minimum absolute atomic E-state index is 0.0911. The molecular weight excluding hydrogens is 334 g/mol. The summed E-state index contributed by atoms with van der Waals surface area (Å²) in [6, 6.07) is 12.9. The third kappa shape index (κ3) is 3.92. The van der Waals surface area contributed by atoms with Gasteiger partial charge >= 0.3 is 0 Å². The maximum atomic E-state index is 12.3. The van der Waals surface area contributed by atoms with Crippen LogP contribution in [0.25, 0.3) is 0 Å². The van der Waals surface area contributed by atoms with E-state index in [0.29, 0.717) is 35.4 Å². The van der Waals surface area contributed by atoms with Crippen LogP contribution in [0.2, 0.25) is 5.02 Å². The van der Waals surface area contributed by atoms with Gasteiger partial charge in [-0.05, 0) is 31.2 Å². The van der Waals surface area contributed by atoms with E-state index < -0.39 is 0 Å². The van der Waals surface area contributed by atoms with Crippen molar-refractivity contribution in [2.75, 3.05) is 18.5 Å². The van der Waals surface area contributed by atoms with Crippen LogP contribution in [0.4, 0.5) is 5.69 Å². The summed E-state index contributed by atoms with van der Waals surface area (Å²) >= 11 is 7.56. The fourth-order valence-corrected chi connectivity index (χ4v) is 3.30. The minimum atomic E-state index is -0.275. The van der Waals surface area contributed by atoms with Crippen LogP contribution in [-0.4, -0.2) is 24.4 Å². The molecule has 0 aliphatic carbocycles. The summed E-state index contributed by atoms with van der Waals surface area (Å²) in [5.41, 5.74) is 0.686. The van der Waals surface area contributed by atoms with Crippen molar-refractivity contribution in [2.24, 2.45) is 0 Å². The number of carbonyl (C=O) groups excluding carboxylic acids is 1. The first-order chi connectivity index (χ1) is 11.1.